The first-order chi connectivity index (χ1) is 9.33. The maximum Gasteiger partial charge on any atom is 0.174 e. The lowest BCUT2D eigenvalue weighted by molar-refractivity contribution is -0.703. The lowest BCUT2D eigenvalue weighted by Crippen LogP contribution is -2.38. The second kappa shape index (κ2) is 11.0. The van der Waals surface area contributed by atoms with Crippen molar-refractivity contribution in [2.45, 2.75) is 77.4 Å². The maximum atomic E-state index is 9.95. The van der Waals surface area contributed by atoms with E-state index in [1.807, 2.05) is 30.6 Å². The molecule has 1 atom stereocenters. The Balaban J connectivity index is 1.94. The van der Waals surface area contributed by atoms with Gasteiger partial charge in [-0.2, -0.15) is 0 Å². The minimum atomic E-state index is -0.201. The van der Waals surface area contributed by atoms with Gasteiger partial charge in [0.1, 0.15) is 6.10 Å². The van der Waals surface area contributed by atoms with Gasteiger partial charge in [0, 0.05) is 12.1 Å². The van der Waals surface area contributed by atoms with Crippen molar-refractivity contribution in [3.63, 3.8) is 0 Å². The lowest BCUT2D eigenvalue weighted by atomic mass is 10.1. The molecule has 108 valence electrons. The Morgan fingerprint density at radius 2 is 1.42 bits per heavy atom. The summed E-state index contributed by atoms with van der Waals surface area (Å²) < 4.78 is 2.05. The van der Waals surface area contributed by atoms with E-state index in [9.17, 15) is 5.11 Å². The van der Waals surface area contributed by atoms with E-state index in [0.29, 0.717) is 0 Å². The highest BCUT2D eigenvalue weighted by atomic mass is 16.3. The number of aliphatic hydroxyl groups excluding tert-OH is 1. The summed E-state index contributed by atoms with van der Waals surface area (Å²) in [7, 11) is 0. The van der Waals surface area contributed by atoms with Crippen LogP contribution < -0.4 is 4.57 Å². The Morgan fingerprint density at radius 1 is 0.842 bits per heavy atom. The molecule has 0 saturated carbocycles. The molecule has 0 bridgehead atoms. The average molecular weight is 264 g/mol. The molecule has 0 amide bonds. The lowest BCUT2D eigenvalue weighted by Gasteiger charge is -2.07. The third-order valence-electron chi connectivity index (χ3n) is 3.59. The van der Waals surface area contributed by atoms with Gasteiger partial charge in [0.05, 0.1) is 0 Å². The molecular formula is C17H30NO+. The largest absolute Gasteiger partial charge is 0.387 e. The number of unbranched alkanes of at least 4 members (excludes halogenated alkanes) is 7. The molecule has 19 heavy (non-hydrogen) atoms. The van der Waals surface area contributed by atoms with Crippen LogP contribution in [0.1, 0.15) is 64.7 Å². The Morgan fingerprint density at radius 3 is 2.05 bits per heavy atom. The molecular weight excluding hydrogens is 234 g/mol. The van der Waals surface area contributed by atoms with Gasteiger partial charge in [-0.15, -0.1) is 0 Å². The van der Waals surface area contributed by atoms with Crippen LogP contribution >= 0.6 is 0 Å². The van der Waals surface area contributed by atoms with Gasteiger partial charge in [-0.25, -0.2) is 4.57 Å². The highest BCUT2D eigenvalue weighted by Crippen LogP contribution is 2.10. The van der Waals surface area contributed by atoms with E-state index in [-0.39, 0.29) is 6.10 Å². The van der Waals surface area contributed by atoms with Crippen LogP contribution in [0.25, 0.3) is 0 Å². The van der Waals surface area contributed by atoms with E-state index in [2.05, 4.69) is 11.5 Å². The molecule has 0 radical (unpaired) electrons. The minimum Gasteiger partial charge on any atom is -0.387 e. The molecule has 0 aliphatic rings. The topological polar surface area (TPSA) is 24.1 Å². The second-order valence-electron chi connectivity index (χ2n) is 5.49. The van der Waals surface area contributed by atoms with Crippen LogP contribution in [0.15, 0.2) is 30.6 Å². The van der Waals surface area contributed by atoms with Gasteiger partial charge in [-0.3, -0.25) is 0 Å². The number of hydrogen-bond acceptors (Lipinski definition) is 1. The number of pyridine rings is 1. The van der Waals surface area contributed by atoms with E-state index in [0.717, 1.165) is 19.4 Å². The molecule has 0 aliphatic heterocycles. The van der Waals surface area contributed by atoms with Crippen molar-refractivity contribution in [1.29, 1.82) is 0 Å². The fourth-order valence-corrected chi connectivity index (χ4v) is 2.40. The monoisotopic (exact) mass is 264 g/mol. The molecule has 0 aromatic carbocycles. The van der Waals surface area contributed by atoms with Crippen molar-refractivity contribution in [2.24, 2.45) is 0 Å². The second-order valence-corrected chi connectivity index (χ2v) is 5.49. The summed E-state index contributed by atoms with van der Waals surface area (Å²) in [6.07, 6.45) is 15.3. The molecule has 0 aliphatic carbocycles. The van der Waals surface area contributed by atoms with Crippen molar-refractivity contribution < 1.29 is 9.67 Å². The van der Waals surface area contributed by atoms with Gasteiger partial charge >= 0.3 is 0 Å². The number of hydrogen-bond donors (Lipinski definition) is 1. The maximum absolute atomic E-state index is 9.95. The van der Waals surface area contributed by atoms with Gasteiger partial charge in [-0.05, 0) is 6.42 Å². The third-order valence-corrected chi connectivity index (χ3v) is 3.59. The Labute approximate surface area is 118 Å². The van der Waals surface area contributed by atoms with Crippen LogP contribution in [-0.2, 0) is 6.54 Å². The number of nitrogens with zero attached hydrogens (tertiary/aromatic N) is 1. The summed E-state index contributed by atoms with van der Waals surface area (Å²) in [5.74, 6) is 0. The van der Waals surface area contributed by atoms with Crippen LogP contribution in [0.2, 0.25) is 0 Å². The van der Waals surface area contributed by atoms with Crippen molar-refractivity contribution in [2.75, 3.05) is 0 Å². The molecule has 2 nitrogen and oxygen atoms in total. The van der Waals surface area contributed by atoms with E-state index >= 15 is 0 Å². The molecule has 0 fully saturated rings. The fraction of sp³-hybridized carbons (Fsp3) is 0.706. The Kier molecular flexibility index (Phi) is 9.34. The molecule has 1 aromatic rings. The smallest absolute Gasteiger partial charge is 0.174 e. The van der Waals surface area contributed by atoms with Gasteiger partial charge in [-0.1, -0.05) is 64.4 Å². The van der Waals surface area contributed by atoms with Crippen molar-refractivity contribution in [1.82, 2.24) is 0 Å². The van der Waals surface area contributed by atoms with Gasteiger partial charge in [0.25, 0.3) is 0 Å². The Bertz CT molecular complexity index is 299. The van der Waals surface area contributed by atoms with E-state index in [1.165, 1.54) is 44.9 Å². The molecule has 1 aromatic heterocycles. The zero-order chi connectivity index (χ0) is 13.8. The van der Waals surface area contributed by atoms with E-state index in [1.54, 1.807) is 0 Å². The van der Waals surface area contributed by atoms with Crippen LogP contribution in [0, 0.1) is 0 Å². The summed E-state index contributed by atoms with van der Waals surface area (Å²) in [5, 5.41) is 9.95. The number of aliphatic hydroxyl groups is 1. The molecule has 1 N–H and O–H groups in total. The van der Waals surface area contributed by atoms with Crippen molar-refractivity contribution >= 4 is 0 Å². The highest BCUT2D eigenvalue weighted by molar-refractivity contribution is 4.83. The van der Waals surface area contributed by atoms with Crippen molar-refractivity contribution in [3.05, 3.63) is 30.6 Å². The zero-order valence-corrected chi connectivity index (χ0v) is 12.4. The zero-order valence-electron chi connectivity index (χ0n) is 12.4. The van der Waals surface area contributed by atoms with Crippen LogP contribution in [0.5, 0.6) is 0 Å². The predicted molar refractivity (Wildman–Crippen MR) is 79.9 cm³/mol. The number of aromatic nitrogens is 1. The third kappa shape index (κ3) is 8.77. The first-order valence-electron chi connectivity index (χ1n) is 7.95. The SMILES string of the molecule is CCCCCCCCCCC(O)C[n+]1ccccc1. The van der Waals surface area contributed by atoms with Gasteiger partial charge in [0.2, 0.25) is 0 Å². The summed E-state index contributed by atoms with van der Waals surface area (Å²) in [6.45, 7) is 2.98. The van der Waals surface area contributed by atoms with Crippen LogP contribution in [-0.4, -0.2) is 11.2 Å². The normalized spacial score (nSPS) is 12.5. The Hall–Kier alpha value is -0.890. The molecule has 0 spiro atoms. The van der Waals surface area contributed by atoms with E-state index < -0.39 is 0 Å². The summed E-state index contributed by atoms with van der Waals surface area (Å²) in [5.41, 5.74) is 0. The van der Waals surface area contributed by atoms with E-state index in [4.69, 9.17) is 0 Å². The molecule has 1 rings (SSSR count). The first kappa shape index (κ1) is 16.2. The van der Waals surface area contributed by atoms with Crippen LogP contribution in [0.4, 0.5) is 0 Å². The fourth-order valence-electron chi connectivity index (χ4n) is 2.40. The standard InChI is InChI=1S/C17H30NO/c1-2-3-4-5-6-7-8-10-13-17(19)16-18-14-11-9-12-15-18/h9,11-12,14-15,17,19H,2-8,10,13,16H2,1H3/q+1. The predicted octanol–water partition coefficient (Wildman–Crippen LogP) is 3.87. The molecule has 1 unspecified atom stereocenters. The highest BCUT2D eigenvalue weighted by Gasteiger charge is 2.09. The summed E-state index contributed by atoms with van der Waals surface area (Å²) >= 11 is 0. The number of rotatable bonds is 11. The summed E-state index contributed by atoms with van der Waals surface area (Å²) in [6, 6.07) is 6.01. The first-order valence-corrected chi connectivity index (χ1v) is 7.95. The minimum absolute atomic E-state index is 0.201. The van der Waals surface area contributed by atoms with Crippen molar-refractivity contribution in [3.8, 4) is 0 Å². The molecule has 2 heteroatoms. The van der Waals surface area contributed by atoms with Gasteiger partial charge < -0.3 is 5.11 Å². The summed E-state index contributed by atoms with van der Waals surface area (Å²) in [4.78, 5) is 0. The van der Waals surface area contributed by atoms with Crippen LogP contribution in [0.3, 0.4) is 0 Å². The quantitative estimate of drug-likeness (QED) is 0.476. The average Bonchev–Trinajstić information content (AvgIpc) is 2.43. The van der Waals surface area contributed by atoms with Gasteiger partial charge in [0.15, 0.2) is 18.9 Å². The molecule has 0 saturated heterocycles. The molecule has 1 heterocycles.